The Bertz CT molecular complexity index is 263. The summed E-state index contributed by atoms with van der Waals surface area (Å²) in [5.41, 5.74) is 4.21. The monoisotopic (exact) mass is 202 g/mol. The van der Waals surface area contributed by atoms with Gasteiger partial charge in [0.1, 0.15) is 17.0 Å². The summed E-state index contributed by atoms with van der Waals surface area (Å²) in [6.45, 7) is 6.74. The normalized spacial score (nSPS) is 39.7. The van der Waals surface area contributed by atoms with Crippen LogP contribution in [0, 0.1) is 11.1 Å². The molecule has 0 aromatic rings. The first-order valence-corrected chi connectivity index (χ1v) is 4.66. The molecule has 82 valence electrons. The Kier molecular flexibility index (Phi) is 2.38. The summed E-state index contributed by atoms with van der Waals surface area (Å²) in [5.74, 6) is -1.77. The lowest BCUT2D eigenvalue weighted by Crippen LogP contribution is -3.20. The van der Waals surface area contributed by atoms with Crippen LogP contribution in [0.4, 0.5) is 0 Å². The van der Waals surface area contributed by atoms with Gasteiger partial charge in [0.25, 0.3) is 0 Å². The van der Waals surface area contributed by atoms with E-state index < -0.39 is 29.0 Å². The van der Waals surface area contributed by atoms with E-state index in [-0.39, 0.29) is 5.06 Å². The lowest BCUT2D eigenvalue weighted by Gasteiger charge is -2.41. The Morgan fingerprint density at radius 2 is 1.79 bits per heavy atom. The first-order valence-electron chi connectivity index (χ1n) is 4.66. The molecule has 1 saturated heterocycles. The number of carboxylic acids is 1. The topological polar surface area (TPSA) is 90.8 Å². The molecule has 1 fully saturated rings. The van der Waals surface area contributed by atoms with Gasteiger partial charge in [0, 0.05) is 0 Å². The fourth-order valence-corrected chi connectivity index (χ4v) is 2.45. The van der Waals surface area contributed by atoms with E-state index in [2.05, 4.69) is 0 Å². The summed E-state index contributed by atoms with van der Waals surface area (Å²) in [6, 6.07) is -0.609. The summed E-state index contributed by atoms with van der Waals surface area (Å²) < 4.78 is 0. The second-order valence-electron chi connectivity index (χ2n) is 5.11. The van der Waals surface area contributed by atoms with E-state index in [0.717, 1.165) is 0 Å². The number of nitrogens with two attached hydrogens (primary N) is 1. The van der Waals surface area contributed by atoms with E-state index in [1.807, 2.05) is 0 Å². The van der Waals surface area contributed by atoms with Gasteiger partial charge < -0.3 is 21.1 Å². The molecule has 0 aromatic heterocycles. The quantitative estimate of drug-likeness (QED) is 0.474. The second-order valence-corrected chi connectivity index (χ2v) is 5.11. The van der Waals surface area contributed by atoms with Crippen molar-refractivity contribution in [3.63, 3.8) is 0 Å². The maximum Gasteiger partial charge on any atom is 0.314 e. The van der Waals surface area contributed by atoms with Gasteiger partial charge in [-0.05, 0) is 27.7 Å². The van der Waals surface area contributed by atoms with Crippen molar-refractivity contribution in [1.82, 2.24) is 0 Å². The summed E-state index contributed by atoms with van der Waals surface area (Å²) in [4.78, 5) is 11.0. The second kappa shape index (κ2) is 2.92. The molecule has 4 N–H and O–H groups in total. The van der Waals surface area contributed by atoms with Crippen LogP contribution < -0.4 is 10.8 Å². The summed E-state index contributed by atoms with van der Waals surface area (Å²) in [7, 11) is 0. The number of carboxylic acid groups (broad SMARTS) is 1. The van der Waals surface area contributed by atoms with Crippen LogP contribution in [0.25, 0.3) is 0 Å². The molecule has 5 nitrogen and oxygen atoms in total. The predicted molar refractivity (Wildman–Crippen MR) is 51.6 cm³/mol. The molecule has 0 aromatic carbocycles. The van der Waals surface area contributed by atoms with Crippen molar-refractivity contribution < 1.29 is 15.0 Å². The number of quaternary nitrogens is 1. The summed E-state index contributed by atoms with van der Waals surface area (Å²) >= 11 is 0. The fraction of sp³-hybridized carbons (Fsp3) is 0.889. The average molecular weight is 202 g/mol. The Hall–Kier alpha value is -0.650. The molecule has 1 aliphatic heterocycles. The van der Waals surface area contributed by atoms with E-state index >= 15 is 0 Å². The first-order chi connectivity index (χ1) is 6.13. The Labute approximate surface area is 83.5 Å². The van der Waals surface area contributed by atoms with Gasteiger partial charge in [-0.25, -0.2) is 0 Å². The molecule has 0 spiro atoms. The van der Waals surface area contributed by atoms with Gasteiger partial charge in [-0.15, -0.1) is 0 Å². The number of hydroxylamine groups is 2. The highest BCUT2D eigenvalue weighted by atomic mass is 16.5. The zero-order valence-corrected chi connectivity index (χ0v) is 9.00. The molecular weight excluding hydrogens is 184 g/mol. The van der Waals surface area contributed by atoms with Gasteiger partial charge in [-0.3, -0.25) is 4.79 Å². The van der Waals surface area contributed by atoms with Gasteiger partial charge in [0.2, 0.25) is 0 Å². The molecule has 0 bridgehead atoms. The molecule has 1 rings (SSSR count). The maximum absolute atomic E-state index is 11.9. The molecule has 5 heteroatoms. The highest BCUT2D eigenvalue weighted by molar-refractivity contribution is 5.73. The van der Waals surface area contributed by atoms with Crippen LogP contribution in [0.15, 0.2) is 0 Å². The van der Waals surface area contributed by atoms with E-state index in [9.17, 15) is 10.0 Å². The molecule has 0 aliphatic carbocycles. The molecule has 0 radical (unpaired) electrons. The van der Waals surface area contributed by atoms with Crippen LogP contribution in [-0.4, -0.2) is 28.2 Å². The number of aliphatic carboxylic acids is 1. The van der Waals surface area contributed by atoms with Crippen molar-refractivity contribution in [2.75, 3.05) is 0 Å². The van der Waals surface area contributed by atoms with Crippen LogP contribution >= 0.6 is 0 Å². The Morgan fingerprint density at radius 3 is 1.93 bits per heavy atom. The van der Waals surface area contributed by atoms with Crippen LogP contribution in [-0.2, 0) is 4.79 Å². The minimum Gasteiger partial charge on any atom is -0.633 e. The molecule has 1 aliphatic rings. The smallest absolute Gasteiger partial charge is 0.314 e. The zero-order valence-electron chi connectivity index (χ0n) is 9.00. The largest absolute Gasteiger partial charge is 0.633 e. The van der Waals surface area contributed by atoms with Gasteiger partial charge in [0.05, 0.1) is 6.04 Å². The minimum absolute atomic E-state index is 0.0649. The summed E-state index contributed by atoms with van der Waals surface area (Å²) in [5, 5.41) is 20.9. The van der Waals surface area contributed by atoms with Crippen LogP contribution in [0.2, 0.25) is 0 Å². The van der Waals surface area contributed by atoms with Gasteiger partial charge >= 0.3 is 5.97 Å². The van der Waals surface area contributed by atoms with Crippen molar-refractivity contribution in [2.45, 2.75) is 44.8 Å². The van der Waals surface area contributed by atoms with Gasteiger partial charge in [-0.2, -0.15) is 0 Å². The van der Waals surface area contributed by atoms with E-state index in [4.69, 9.17) is 10.8 Å². The van der Waals surface area contributed by atoms with Crippen LogP contribution in [0.3, 0.4) is 0 Å². The van der Waals surface area contributed by atoms with E-state index in [1.54, 1.807) is 27.7 Å². The van der Waals surface area contributed by atoms with Crippen LogP contribution in [0.1, 0.15) is 27.7 Å². The minimum atomic E-state index is -0.985. The number of nitrogens with one attached hydrogen (secondary N) is 1. The number of rotatable bonds is 1. The zero-order chi connectivity index (χ0) is 11.3. The third-order valence-corrected chi connectivity index (χ3v) is 3.41. The molecular formula is C9H18N2O3. The maximum atomic E-state index is 11.9. The van der Waals surface area contributed by atoms with E-state index in [0.29, 0.717) is 0 Å². The fourth-order valence-electron chi connectivity index (χ4n) is 2.45. The standard InChI is InChI=1S/C9H18N2O3/c1-8(2)5(7(12)13)6(10)9(3,4)11(8)14/h5-6,11H,10H2,1-4H3,(H,12,13). The highest BCUT2D eigenvalue weighted by Gasteiger charge is 2.60. The van der Waals surface area contributed by atoms with Crippen molar-refractivity contribution in [1.29, 1.82) is 0 Å². The number of hydrogen-bond donors (Lipinski definition) is 3. The number of hydrogen-bond acceptors (Lipinski definition) is 3. The Balaban J connectivity index is 3.16. The van der Waals surface area contributed by atoms with Gasteiger partial charge in [0.15, 0.2) is 0 Å². The van der Waals surface area contributed by atoms with Crippen LogP contribution in [0.5, 0.6) is 0 Å². The molecule has 0 amide bonds. The molecule has 0 saturated carbocycles. The average Bonchev–Trinajstić information content (AvgIpc) is 2.10. The third-order valence-electron chi connectivity index (χ3n) is 3.41. The first kappa shape index (κ1) is 11.4. The molecule has 3 atom stereocenters. The predicted octanol–water partition coefficient (Wildman–Crippen LogP) is -1.03. The molecule has 3 unspecified atom stereocenters. The van der Waals surface area contributed by atoms with Gasteiger partial charge in [-0.1, -0.05) is 0 Å². The molecule has 14 heavy (non-hydrogen) atoms. The van der Waals surface area contributed by atoms with Crippen molar-refractivity contribution in [3.05, 3.63) is 5.21 Å². The number of carbonyl (C=O) groups is 1. The van der Waals surface area contributed by atoms with E-state index in [1.165, 1.54) is 0 Å². The SMILES string of the molecule is CC1(C)C(N)C(C(=O)O)C(C)(C)[NH+]1[O-]. The third kappa shape index (κ3) is 1.24. The van der Waals surface area contributed by atoms with Crippen molar-refractivity contribution in [3.8, 4) is 0 Å². The van der Waals surface area contributed by atoms with Crippen molar-refractivity contribution in [2.24, 2.45) is 11.7 Å². The lowest BCUT2D eigenvalue weighted by molar-refractivity contribution is -0.934. The summed E-state index contributed by atoms with van der Waals surface area (Å²) in [6.07, 6.45) is 0. The Morgan fingerprint density at radius 1 is 1.36 bits per heavy atom. The lowest BCUT2D eigenvalue weighted by atomic mass is 9.83. The van der Waals surface area contributed by atoms with Crippen molar-refractivity contribution >= 4 is 5.97 Å². The molecule has 1 heterocycles. The highest BCUT2D eigenvalue weighted by Crippen LogP contribution is 2.30.